The van der Waals surface area contributed by atoms with Gasteiger partial charge in [-0.05, 0) is 30.2 Å². The summed E-state index contributed by atoms with van der Waals surface area (Å²) in [5, 5.41) is 5.56. The molecule has 1 aliphatic heterocycles. The van der Waals surface area contributed by atoms with Gasteiger partial charge in [-0.15, -0.1) is 0 Å². The first kappa shape index (κ1) is 17.5. The van der Waals surface area contributed by atoms with E-state index in [4.69, 9.17) is 9.47 Å². The Morgan fingerprint density at radius 2 is 1.88 bits per heavy atom. The van der Waals surface area contributed by atoms with Crippen molar-refractivity contribution >= 4 is 17.7 Å². The van der Waals surface area contributed by atoms with Crippen LogP contribution in [-0.4, -0.2) is 25.7 Å². The molecule has 6 heteroatoms. The van der Waals surface area contributed by atoms with Gasteiger partial charge in [0.25, 0.3) is 0 Å². The summed E-state index contributed by atoms with van der Waals surface area (Å²) in [7, 11) is 1.57. The van der Waals surface area contributed by atoms with E-state index in [0.29, 0.717) is 17.0 Å². The first-order chi connectivity index (χ1) is 12.6. The third-order valence-electron chi connectivity index (χ3n) is 4.06. The standard InChI is InChI=1S/C20H20N2O4/c1-3-26-19(23)16-17(13-8-5-4-6-9-13)21-20(24)22-18(16)14-10-7-11-15(12-14)25-2/h4-12,18H,3H2,1-2H3,(H2,21,22,24). The molecule has 1 aliphatic rings. The van der Waals surface area contributed by atoms with E-state index in [1.54, 1.807) is 26.2 Å². The Labute approximate surface area is 151 Å². The van der Waals surface area contributed by atoms with E-state index >= 15 is 0 Å². The van der Waals surface area contributed by atoms with Crippen LogP contribution in [0.4, 0.5) is 4.79 Å². The Kier molecular flexibility index (Phi) is 5.22. The number of carbonyl (C=O) groups is 2. The quantitative estimate of drug-likeness (QED) is 0.811. The number of rotatable bonds is 5. The number of amides is 2. The summed E-state index contributed by atoms with van der Waals surface area (Å²) in [6.45, 7) is 1.99. The van der Waals surface area contributed by atoms with Crippen molar-refractivity contribution in [2.45, 2.75) is 13.0 Å². The number of carbonyl (C=O) groups excluding carboxylic acids is 2. The summed E-state index contributed by atoms with van der Waals surface area (Å²) < 4.78 is 10.5. The van der Waals surface area contributed by atoms with Crippen LogP contribution in [0.1, 0.15) is 24.1 Å². The minimum absolute atomic E-state index is 0.239. The first-order valence-electron chi connectivity index (χ1n) is 8.32. The van der Waals surface area contributed by atoms with Crippen LogP contribution in [0, 0.1) is 0 Å². The predicted molar refractivity (Wildman–Crippen MR) is 97.4 cm³/mol. The number of benzene rings is 2. The molecule has 2 aromatic carbocycles. The van der Waals surface area contributed by atoms with Crippen LogP contribution >= 0.6 is 0 Å². The van der Waals surface area contributed by atoms with E-state index in [2.05, 4.69) is 10.6 Å². The van der Waals surface area contributed by atoms with E-state index in [1.807, 2.05) is 42.5 Å². The molecule has 0 spiro atoms. The van der Waals surface area contributed by atoms with E-state index in [1.165, 1.54) is 0 Å². The summed E-state index contributed by atoms with van der Waals surface area (Å²) >= 11 is 0. The third kappa shape index (κ3) is 3.54. The van der Waals surface area contributed by atoms with E-state index in [9.17, 15) is 9.59 Å². The Morgan fingerprint density at radius 1 is 1.12 bits per heavy atom. The Bertz CT molecular complexity index is 846. The Morgan fingerprint density at radius 3 is 2.58 bits per heavy atom. The van der Waals surface area contributed by atoms with Crippen molar-refractivity contribution < 1.29 is 19.1 Å². The lowest BCUT2D eigenvalue weighted by Gasteiger charge is -2.29. The van der Waals surface area contributed by atoms with Crippen LogP contribution in [0.5, 0.6) is 5.75 Å². The zero-order chi connectivity index (χ0) is 18.5. The summed E-state index contributed by atoms with van der Waals surface area (Å²) in [5.74, 6) is 0.159. The molecule has 2 aromatic rings. The van der Waals surface area contributed by atoms with Crippen molar-refractivity contribution in [1.82, 2.24) is 10.6 Å². The van der Waals surface area contributed by atoms with E-state index < -0.39 is 12.0 Å². The second kappa shape index (κ2) is 7.74. The molecule has 0 radical (unpaired) electrons. The molecule has 26 heavy (non-hydrogen) atoms. The maximum atomic E-state index is 12.7. The van der Waals surface area contributed by atoms with Crippen molar-refractivity contribution in [3.63, 3.8) is 0 Å². The average Bonchev–Trinajstić information content (AvgIpc) is 2.68. The van der Waals surface area contributed by atoms with Crippen LogP contribution in [0.3, 0.4) is 0 Å². The van der Waals surface area contributed by atoms with Crippen molar-refractivity contribution in [1.29, 1.82) is 0 Å². The summed E-state index contributed by atoms with van der Waals surface area (Å²) in [6.07, 6.45) is 0. The van der Waals surface area contributed by atoms with Gasteiger partial charge in [-0.1, -0.05) is 42.5 Å². The van der Waals surface area contributed by atoms with Gasteiger partial charge in [0.2, 0.25) is 0 Å². The minimum atomic E-state index is -0.645. The SMILES string of the molecule is CCOC(=O)C1=C(c2ccccc2)NC(=O)NC1c1cccc(OC)c1. The molecule has 2 amide bonds. The first-order valence-corrected chi connectivity index (χ1v) is 8.32. The van der Waals surface area contributed by atoms with E-state index in [0.717, 1.165) is 11.1 Å². The second-order valence-corrected chi connectivity index (χ2v) is 5.68. The highest BCUT2D eigenvalue weighted by Gasteiger charge is 2.34. The molecule has 0 saturated heterocycles. The predicted octanol–water partition coefficient (Wildman–Crippen LogP) is 3.02. The fourth-order valence-corrected chi connectivity index (χ4v) is 2.90. The number of methoxy groups -OCH3 is 1. The molecule has 3 rings (SSSR count). The molecule has 0 aliphatic carbocycles. The summed E-state index contributed by atoms with van der Waals surface area (Å²) in [6, 6.07) is 15.4. The molecule has 1 atom stereocenters. The lowest BCUT2D eigenvalue weighted by molar-refractivity contribution is -0.138. The second-order valence-electron chi connectivity index (χ2n) is 5.68. The summed E-state index contributed by atoms with van der Waals surface area (Å²) in [4.78, 5) is 25.0. The number of hydrogen-bond donors (Lipinski definition) is 2. The van der Waals surface area contributed by atoms with Gasteiger partial charge in [0.05, 0.1) is 31.0 Å². The molecule has 0 saturated carbocycles. The van der Waals surface area contributed by atoms with Crippen LogP contribution in [0.2, 0.25) is 0 Å². The number of esters is 1. The van der Waals surface area contributed by atoms with Crippen LogP contribution in [0.25, 0.3) is 5.70 Å². The van der Waals surface area contributed by atoms with Gasteiger partial charge in [-0.25, -0.2) is 9.59 Å². The van der Waals surface area contributed by atoms with Gasteiger partial charge in [0.1, 0.15) is 5.75 Å². The van der Waals surface area contributed by atoms with Crippen LogP contribution in [-0.2, 0) is 9.53 Å². The third-order valence-corrected chi connectivity index (χ3v) is 4.06. The highest BCUT2D eigenvalue weighted by atomic mass is 16.5. The largest absolute Gasteiger partial charge is 0.497 e. The summed E-state index contributed by atoms with van der Waals surface area (Å²) in [5.41, 5.74) is 2.26. The normalized spacial score (nSPS) is 16.5. The molecule has 6 nitrogen and oxygen atoms in total. The fraction of sp³-hybridized carbons (Fsp3) is 0.200. The average molecular weight is 352 g/mol. The molecule has 2 N–H and O–H groups in total. The maximum Gasteiger partial charge on any atom is 0.338 e. The highest BCUT2D eigenvalue weighted by Crippen LogP contribution is 2.33. The molecule has 134 valence electrons. The lowest BCUT2D eigenvalue weighted by atomic mass is 9.92. The van der Waals surface area contributed by atoms with Gasteiger partial charge in [-0.2, -0.15) is 0 Å². The van der Waals surface area contributed by atoms with Gasteiger partial charge in [0.15, 0.2) is 0 Å². The maximum absolute atomic E-state index is 12.7. The van der Waals surface area contributed by atoms with E-state index in [-0.39, 0.29) is 12.6 Å². The molecule has 0 fully saturated rings. The zero-order valence-corrected chi connectivity index (χ0v) is 14.6. The van der Waals surface area contributed by atoms with Crippen molar-refractivity contribution in [2.75, 3.05) is 13.7 Å². The van der Waals surface area contributed by atoms with Crippen molar-refractivity contribution in [3.8, 4) is 5.75 Å². The van der Waals surface area contributed by atoms with Gasteiger partial charge in [0, 0.05) is 0 Å². The molecule has 1 heterocycles. The number of nitrogens with one attached hydrogen (secondary N) is 2. The minimum Gasteiger partial charge on any atom is -0.497 e. The molecule has 1 unspecified atom stereocenters. The fourth-order valence-electron chi connectivity index (χ4n) is 2.90. The number of urea groups is 1. The zero-order valence-electron chi connectivity index (χ0n) is 14.6. The molecular formula is C20H20N2O4. The highest BCUT2D eigenvalue weighted by molar-refractivity contribution is 6.04. The molecule has 0 aromatic heterocycles. The smallest absolute Gasteiger partial charge is 0.338 e. The number of ether oxygens (including phenoxy) is 2. The number of hydrogen-bond acceptors (Lipinski definition) is 4. The molecule has 0 bridgehead atoms. The van der Waals surface area contributed by atoms with Crippen LogP contribution < -0.4 is 15.4 Å². The Hall–Kier alpha value is -3.28. The van der Waals surface area contributed by atoms with Crippen molar-refractivity contribution in [2.24, 2.45) is 0 Å². The lowest BCUT2D eigenvalue weighted by Crippen LogP contribution is -2.45. The van der Waals surface area contributed by atoms with Gasteiger partial charge in [-0.3, -0.25) is 0 Å². The topological polar surface area (TPSA) is 76.7 Å². The van der Waals surface area contributed by atoms with Gasteiger partial charge < -0.3 is 20.1 Å². The van der Waals surface area contributed by atoms with Crippen LogP contribution in [0.15, 0.2) is 60.2 Å². The van der Waals surface area contributed by atoms with Gasteiger partial charge >= 0.3 is 12.0 Å². The Balaban J connectivity index is 2.17. The van der Waals surface area contributed by atoms with Crippen molar-refractivity contribution in [3.05, 3.63) is 71.3 Å². The molecular weight excluding hydrogens is 332 g/mol. The monoisotopic (exact) mass is 352 g/mol.